The zero-order chi connectivity index (χ0) is 17.3. The Labute approximate surface area is 148 Å². The van der Waals surface area contributed by atoms with Crippen molar-refractivity contribution < 1.29 is 4.79 Å². The molecule has 0 aliphatic rings. The topological polar surface area (TPSA) is 52.0 Å². The largest absolute Gasteiger partial charge is 0.292 e. The maximum Gasteiger partial charge on any atom is 0.261 e. The molecule has 0 amide bonds. The number of Topliss-reactive ketones (excluding diaryl/α,β-unsaturated/α-hetero) is 1. The maximum absolute atomic E-state index is 12.5. The number of rotatable bonds is 4. The van der Waals surface area contributed by atoms with Gasteiger partial charge in [-0.3, -0.25) is 14.2 Å². The monoisotopic (exact) mass is 384 g/mol. The molecular formula is C19H17BrN2O2. The summed E-state index contributed by atoms with van der Waals surface area (Å²) in [6.07, 6.45) is 1.43. The van der Waals surface area contributed by atoms with Gasteiger partial charge in [-0.1, -0.05) is 54.0 Å². The minimum atomic E-state index is -0.214. The number of hydrogen-bond acceptors (Lipinski definition) is 3. The van der Waals surface area contributed by atoms with Crippen LogP contribution in [0.5, 0.6) is 0 Å². The van der Waals surface area contributed by atoms with Crippen molar-refractivity contribution in [3.05, 3.63) is 74.7 Å². The Balaban J connectivity index is 1.90. The molecule has 0 saturated heterocycles. The summed E-state index contributed by atoms with van der Waals surface area (Å²) in [5, 5.41) is 0.495. The first-order chi connectivity index (χ1) is 11.5. The number of fused-ring (bicyclic) bond motifs is 1. The van der Waals surface area contributed by atoms with Crippen molar-refractivity contribution in [2.75, 3.05) is 0 Å². The third kappa shape index (κ3) is 3.31. The van der Waals surface area contributed by atoms with Crippen molar-refractivity contribution in [1.29, 1.82) is 0 Å². The molecular weight excluding hydrogens is 368 g/mol. The summed E-state index contributed by atoms with van der Waals surface area (Å²) < 4.78 is 2.16. The van der Waals surface area contributed by atoms with E-state index in [0.717, 1.165) is 4.47 Å². The Hall–Kier alpha value is -2.27. The van der Waals surface area contributed by atoms with E-state index in [1.54, 1.807) is 12.1 Å². The Bertz CT molecular complexity index is 959. The molecule has 24 heavy (non-hydrogen) atoms. The molecule has 2 aromatic carbocycles. The third-order valence-corrected chi connectivity index (χ3v) is 4.49. The Kier molecular flexibility index (Phi) is 4.62. The van der Waals surface area contributed by atoms with Gasteiger partial charge in [-0.05, 0) is 29.7 Å². The number of halogens is 1. The number of nitrogens with zero attached hydrogens (tertiary/aromatic N) is 2. The molecule has 122 valence electrons. The second kappa shape index (κ2) is 6.69. The molecule has 0 aliphatic heterocycles. The number of ketones is 1. The van der Waals surface area contributed by atoms with Crippen LogP contribution in [-0.2, 0) is 6.54 Å². The van der Waals surface area contributed by atoms with E-state index in [0.29, 0.717) is 22.4 Å². The van der Waals surface area contributed by atoms with Gasteiger partial charge >= 0.3 is 0 Å². The van der Waals surface area contributed by atoms with E-state index < -0.39 is 0 Å². The zero-order valence-corrected chi connectivity index (χ0v) is 15.1. The SMILES string of the molecule is CC(C)c1ccc(C(=O)Cn2cnc3ccc(Br)cc3c2=O)cc1. The van der Waals surface area contributed by atoms with Gasteiger partial charge in [0.15, 0.2) is 5.78 Å². The van der Waals surface area contributed by atoms with Crippen LogP contribution >= 0.6 is 15.9 Å². The quantitative estimate of drug-likeness (QED) is 0.634. The molecule has 0 unspecified atom stereocenters. The molecule has 0 aliphatic carbocycles. The van der Waals surface area contributed by atoms with Gasteiger partial charge in [0.05, 0.1) is 23.8 Å². The lowest BCUT2D eigenvalue weighted by molar-refractivity contribution is 0.0970. The molecule has 0 saturated carbocycles. The van der Waals surface area contributed by atoms with Crippen molar-refractivity contribution in [2.24, 2.45) is 0 Å². The van der Waals surface area contributed by atoms with Gasteiger partial charge in [0, 0.05) is 10.0 Å². The maximum atomic E-state index is 12.5. The molecule has 0 fully saturated rings. The second-order valence-electron chi connectivity index (χ2n) is 6.04. The highest BCUT2D eigenvalue weighted by Gasteiger charge is 2.11. The highest BCUT2D eigenvalue weighted by atomic mass is 79.9. The standard InChI is InChI=1S/C19H17BrN2O2/c1-12(2)13-3-5-14(6-4-13)18(23)10-22-11-21-17-8-7-15(20)9-16(17)19(22)24/h3-9,11-12H,10H2,1-2H3. The molecule has 0 atom stereocenters. The smallest absolute Gasteiger partial charge is 0.261 e. The molecule has 3 aromatic rings. The van der Waals surface area contributed by atoms with Crippen LogP contribution in [0.25, 0.3) is 10.9 Å². The molecule has 0 radical (unpaired) electrons. The lowest BCUT2D eigenvalue weighted by Crippen LogP contribution is -2.24. The van der Waals surface area contributed by atoms with Gasteiger partial charge < -0.3 is 0 Å². The van der Waals surface area contributed by atoms with Crippen LogP contribution < -0.4 is 5.56 Å². The van der Waals surface area contributed by atoms with Crippen molar-refractivity contribution in [3.63, 3.8) is 0 Å². The molecule has 3 rings (SSSR count). The van der Waals surface area contributed by atoms with Crippen molar-refractivity contribution in [3.8, 4) is 0 Å². The summed E-state index contributed by atoms with van der Waals surface area (Å²) in [6.45, 7) is 4.19. The number of carbonyl (C=O) groups is 1. The fourth-order valence-corrected chi connectivity index (χ4v) is 2.90. The summed E-state index contributed by atoms with van der Waals surface area (Å²) in [5.74, 6) is 0.309. The van der Waals surface area contributed by atoms with Gasteiger partial charge in [-0.15, -0.1) is 0 Å². The fourth-order valence-electron chi connectivity index (χ4n) is 2.54. The van der Waals surface area contributed by atoms with E-state index in [-0.39, 0.29) is 17.9 Å². The predicted octanol–water partition coefficient (Wildman–Crippen LogP) is 4.17. The van der Waals surface area contributed by atoms with Crippen LogP contribution in [0, 0.1) is 0 Å². The van der Waals surface area contributed by atoms with Gasteiger partial charge in [0.25, 0.3) is 5.56 Å². The summed E-state index contributed by atoms with van der Waals surface area (Å²) >= 11 is 3.35. The molecule has 0 N–H and O–H groups in total. The molecule has 4 nitrogen and oxygen atoms in total. The fraction of sp³-hybridized carbons (Fsp3) is 0.211. The van der Waals surface area contributed by atoms with E-state index in [1.165, 1.54) is 16.5 Å². The third-order valence-electron chi connectivity index (χ3n) is 4.00. The first kappa shape index (κ1) is 16.6. The second-order valence-corrected chi connectivity index (χ2v) is 6.95. The average Bonchev–Trinajstić information content (AvgIpc) is 2.58. The number of hydrogen-bond donors (Lipinski definition) is 0. The molecule has 0 bridgehead atoms. The van der Waals surface area contributed by atoms with E-state index in [4.69, 9.17) is 0 Å². The van der Waals surface area contributed by atoms with Crippen molar-refractivity contribution in [2.45, 2.75) is 26.3 Å². The normalized spacial score (nSPS) is 11.2. The van der Waals surface area contributed by atoms with Crippen molar-refractivity contribution >= 4 is 32.6 Å². The first-order valence-electron chi connectivity index (χ1n) is 7.73. The number of aromatic nitrogens is 2. The predicted molar refractivity (Wildman–Crippen MR) is 98.6 cm³/mol. The summed E-state index contributed by atoms with van der Waals surface area (Å²) in [6, 6.07) is 12.9. The number of benzene rings is 2. The van der Waals surface area contributed by atoms with E-state index >= 15 is 0 Å². The van der Waals surface area contributed by atoms with Gasteiger partial charge in [0.1, 0.15) is 0 Å². The lowest BCUT2D eigenvalue weighted by atomic mass is 10.0. The van der Waals surface area contributed by atoms with Crippen LogP contribution in [0.4, 0.5) is 0 Å². The summed E-state index contributed by atoms with van der Waals surface area (Å²) in [4.78, 5) is 29.3. The van der Waals surface area contributed by atoms with Crippen molar-refractivity contribution in [1.82, 2.24) is 9.55 Å². The van der Waals surface area contributed by atoms with Gasteiger partial charge in [-0.25, -0.2) is 4.98 Å². The summed E-state index contributed by atoms with van der Waals surface area (Å²) in [5.41, 5.74) is 2.18. The highest BCUT2D eigenvalue weighted by molar-refractivity contribution is 9.10. The van der Waals surface area contributed by atoms with E-state index in [9.17, 15) is 9.59 Å². The first-order valence-corrected chi connectivity index (χ1v) is 8.53. The minimum Gasteiger partial charge on any atom is -0.292 e. The van der Waals surface area contributed by atoms with Gasteiger partial charge in [0.2, 0.25) is 0 Å². The van der Waals surface area contributed by atoms with Crippen LogP contribution in [0.3, 0.4) is 0 Å². The Morgan fingerprint density at radius 1 is 1.17 bits per heavy atom. The molecule has 0 spiro atoms. The zero-order valence-electron chi connectivity index (χ0n) is 13.5. The van der Waals surface area contributed by atoms with E-state index in [2.05, 4.69) is 34.8 Å². The van der Waals surface area contributed by atoms with Crippen LogP contribution in [0.15, 0.2) is 58.1 Å². The molecule has 1 aromatic heterocycles. The minimum absolute atomic E-state index is 0.0185. The Morgan fingerprint density at radius 2 is 1.88 bits per heavy atom. The molecule has 1 heterocycles. The van der Waals surface area contributed by atoms with E-state index in [1.807, 2.05) is 30.3 Å². The van der Waals surface area contributed by atoms with Gasteiger partial charge in [-0.2, -0.15) is 0 Å². The van der Waals surface area contributed by atoms with Crippen LogP contribution in [0.2, 0.25) is 0 Å². The molecule has 5 heteroatoms. The van der Waals surface area contributed by atoms with Crippen LogP contribution in [0.1, 0.15) is 35.7 Å². The average molecular weight is 385 g/mol. The highest BCUT2D eigenvalue weighted by Crippen LogP contribution is 2.16. The summed E-state index contributed by atoms with van der Waals surface area (Å²) in [7, 11) is 0. The lowest BCUT2D eigenvalue weighted by Gasteiger charge is -2.08. The Morgan fingerprint density at radius 3 is 2.54 bits per heavy atom. The van der Waals surface area contributed by atoms with Crippen LogP contribution in [-0.4, -0.2) is 15.3 Å². The number of carbonyl (C=O) groups excluding carboxylic acids is 1.